The van der Waals surface area contributed by atoms with Crippen LogP contribution >= 0.6 is 0 Å². The molecule has 0 aliphatic carbocycles. The minimum Gasteiger partial charge on any atom is -0.480 e. The summed E-state index contributed by atoms with van der Waals surface area (Å²) in [5, 5.41) is 9.50. The normalized spacial score (nSPS) is 26.2. The number of rotatable bonds is 5. The zero-order valence-corrected chi connectivity index (χ0v) is 12.6. The number of hydrogen-bond acceptors (Lipinski definition) is 2. The van der Waals surface area contributed by atoms with Gasteiger partial charge in [0.25, 0.3) is 0 Å². The van der Waals surface area contributed by atoms with Crippen molar-refractivity contribution in [2.45, 2.75) is 59.9 Å². The molecular formula is C15H29NO2. The summed E-state index contributed by atoms with van der Waals surface area (Å²) in [4.78, 5) is 13.7. The third-order valence-corrected chi connectivity index (χ3v) is 4.03. The van der Waals surface area contributed by atoms with E-state index in [4.69, 9.17) is 0 Å². The molecule has 0 aromatic heterocycles. The van der Waals surface area contributed by atoms with Gasteiger partial charge < -0.3 is 5.11 Å². The lowest BCUT2D eigenvalue weighted by atomic mass is 9.76. The van der Waals surface area contributed by atoms with Gasteiger partial charge in [0.15, 0.2) is 0 Å². The van der Waals surface area contributed by atoms with Gasteiger partial charge in [0.1, 0.15) is 6.04 Å². The number of carboxylic acid groups (broad SMARTS) is 1. The van der Waals surface area contributed by atoms with Gasteiger partial charge in [-0.05, 0) is 43.1 Å². The van der Waals surface area contributed by atoms with Crippen molar-refractivity contribution >= 4 is 5.97 Å². The molecule has 0 saturated carbocycles. The zero-order valence-electron chi connectivity index (χ0n) is 12.6. The van der Waals surface area contributed by atoms with E-state index in [9.17, 15) is 9.90 Å². The summed E-state index contributed by atoms with van der Waals surface area (Å²) in [7, 11) is 0. The summed E-state index contributed by atoms with van der Waals surface area (Å²) in [6.45, 7) is 12.7. The highest BCUT2D eigenvalue weighted by Crippen LogP contribution is 2.35. The molecule has 1 rings (SSSR count). The van der Waals surface area contributed by atoms with Gasteiger partial charge in [0, 0.05) is 6.54 Å². The van der Waals surface area contributed by atoms with Gasteiger partial charge in [-0.3, -0.25) is 9.69 Å². The zero-order chi connectivity index (χ0) is 13.9. The molecule has 0 aromatic rings. The van der Waals surface area contributed by atoms with E-state index in [2.05, 4.69) is 39.5 Å². The average molecular weight is 255 g/mol. The monoisotopic (exact) mass is 255 g/mol. The van der Waals surface area contributed by atoms with Gasteiger partial charge in [-0.1, -0.05) is 34.6 Å². The third kappa shape index (κ3) is 3.98. The van der Waals surface area contributed by atoms with Crippen molar-refractivity contribution in [2.75, 3.05) is 13.1 Å². The van der Waals surface area contributed by atoms with Gasteiger partial charge in [0.2, 0.25) is 0 Å². The maximum Gasteiger partial charge on any atom is 0.321 e. The Morgan fingerprint density at radius 3 is 2.50 bits per heavy atom. The van der Waals surface area contributed by atoms with Crippen LogP contribution < -0.4 is 0 Å². The Hall–Kier alpha value is -0.570. The van der Waals surface area contributed by atoms with Crippen LogP contribution in [0.1, 0.15) is 53.9 Å². The number of likely N-dealkylation sites (tertiary alicyclic amines) is 1. The van der Waals surface area contributed by atoms with Crippen LogP contribution in [0.2, 0.25) is 0 Å². The van der Waals surface area contributed by atoms with Gasteiger partial charge >= 0.3 is 5.97 Å². The largest absolute Gasteiger partial charge is 0.480 e. The van der Waals surface area contributed by atoms with Crippen molar-refractivity contribution in [3.8, 4) is 0 Å². The number of aliphatic carboxylic acids is 1. The predicted molar refractivity (Wildman–Crippen MR) is 74.6 cm³/mol. The van der Waals surface area contributed by atoms with Gasteiger partial charge in [-0.2, -0.15) is 0 Å². The van der Waals surface area contributed by atoms with Crippen molar-refractivity contribution in [2.24, 2.45) is 17.3 Å². The van der Waals surface area contributed by atoms with Crippen LogP contribution in [0, 0.1) is 17.3 Å². The molecule has 1 fully saturated rings. The van der Waals surface area contributed by atoms with E-state index in [0.717, 1.165) is 25.9 Å². The minimum atomic E-state index is -0.656. The Morgan fingerprint density at radius 2 is 2.00 bits per heavy atom. The molecule has 1 aliphatic heterocycles. The van der Waals surface area contributed by atoms with Crippen LogP contribution in [0.4, 0.5) is 0 Å². The van der Waals surface area contributed by atoms with Gasteiger partial charge in [0.05, 0.1) is 0 Å². The summed E-state index contributed by atoms with van der Waals surface area (Å²) in [5.41, 5.74) is -0.109. The Morgan fingerprint density at radius 1 is 1.39 bits per heavy atom. The summed E-state index contributed by atoms with van der Waals surface area (Å²) < 4.78 is 0. The van der Waals surface area contributed by atoms with Crippen molar-refractivity contribution in [3.05, 3.63) is 0 Å². The second-order valence-electron chi connectivity index (χ2n) is 7.06. The molecule has 2 atom stereocenters. The number of carbonyl (C=O) groups is 1. The first-order chi connectivity index (χ1) is 8.24. The number of carboxylic acids is 1. The molecule has 1 N–H and O–H groups in total. The Balaban J connectivity index is 2.70. The van der Waals surface area contributed by atoms with Crippen LogP contribution in [-0.2, 0) is 4.79 Å². The fraction of sp³-hybridized carbons (Fsp3) is 0.933. The highest BCUT2D eigenvalue weighted by Gasteiger charge is 2.42. The summed E-state index contributed by atoms with van der Waals surface area (Å²) in [6, 6.07) is -0.319. The summed E-state index contributed by atoms with van der Waals surface area (Å²) in [5.74, 6) is 0.596. The molecule has 0 aromatic carbocycles. The molecule has 0 amide bonds. The van der Waals surface area contributed by atoms with Crippen LogP contribution in [0.3, 0.4) is 0 Å². The lowest BCUT2D eigenvalue weighted by molar-refractivity contribution is -0.151. The van der Waals surface area contributed by atoms with Crippen LogP contribution in [-0.4, -0.2) is 35.1 Å². The first kappa shape index (κ1) is 15.5. The second kappa shape index (κ2) is 6.05. The summed E-state index contributed by atoms with van der Waals surface area (Å²) >= 11 is 0. The van der Waals surface area contributed by atoms with Crippen molar-refractivity contribution in [1.82, 2.24) is 4.90 Å². The van der Waals surface area contributed by atoms with Crippen LogP contribution in [0.15, 0.2) is 0 Å². The molecule has 0 spiro atoms. The van der Waals surface area contributed by atoms with Crippen molar-refractivity contribution in [1.29, 1.82) is 0 Å². The maximum absolute atomic E-state index is 11.5. The quantitative estimate of drug-likeness (QED) is 0.820. The van der Waals surface area contributed by atoms with Crippen molar-refractivity contribution < 1.29 is 9.90 Å². The molecule has 18 heavy (non-hydrogen) atoms. The fourth-order valence-corrected chi connectivity index (χ4v) is 3.46. The smallest absolute Gasteiger partial charge is 0.321 e. The molecule has 3 heteroatoms. The Labute approximate surface area is 112 Å². The molecular weight excluding hydrogens is 226 g/mol. The molecule has 0 bridgehead atoms. The highest BCUT2D eigenvalue weighted by molar-refractivity contribution is 5.74. The molecule has 106 valence electrons. The van der Waals surface area contributed by atoms with E-state index >= 15 is 0 Å². The molecule has 2 unspecified atom stereocenters. The Bertz CT molecular complexity index is 286. The molecule has 1 heterocycles. The number of piperidine rings is 1. The lowest BCUT2D eigenvalue weighted by Gasteiger charge is -2.45. The average Bonchev–Trinajstić information content (AvgIpc) is 2.13. The van der Waals surface area contributed by atoms with Gasteiger partial charge in [-0.25, -0.2) is 0 Å². The number of nitrogens with zero attached hydrogens (tertiary/aromatic N) is 1. The predicted octanol–water partition coefficient (Wildman–Crippen LogP) is 3.24. The van der Waals surface area contributed by atoms with E-state index < -0.39 is 5.97 Å². The van der Waals surface area contributed by atoms with Crippen LogP contribution in [0.25, 0.3) is 0 Å². The highest BCUT2D eigenvalue weighted by atomic mass is 16.4. The molecule has 1 saturated heterocycles. The van der Waals surface area contributed by atoms with E-state index in [1.54, 1.807) is 0 Å². The maximum atomic E-state index is 11.5. The SMILES string of the molecule is CC(C)CC(C)CN1CCCC(C)(C)C1C(=O)O. The topological polar surface area (TPSA) is 40.5 Å². The van der Waals surface area contributed by atoms with E-state index in [0.29, 0.717) is 11.8 Å². The minimum absolute atomic E-state index is 0.109. The third-order valence-electron chi connectivity index (χ3n) is 4.03. The fourth-order valence-electron chi connectivity index (χ4n) is 3.46. The van der Waals surface area contributed by atoms with E-state index in [1.807, 2.05) is 0 Å². The molecule has 3 nitrogen and oxygen atoms in total. The van der Waals surface area contributed by atoms with E-state index in [1.165, 1.54) is 6.42 Å². The lowest BCUT2D eigenvalue weighted by Crippen LogP contribution is -2.55. The Kier molecular flexibility index (Phi) is 5.20. The molecule has 1 aliphatic rings. The first-order valence-electron chi connectivity index (χ1n) is 7.21. The number of hydrogen-bond donors (Lipinski definition) is 1. The van der Waals surface area contributed by atoms with Crippen molar-refractivity contribution in [3.63, 3.8) is 0 Å². The first-order valence-corrected chi connectivity index (χ1v) is 7.21. The summed E-state index contributed by atoms with van der Waals surface area (Å²) in [6.07, 6.45) is 3.30. The van der Waals surface area contributed by atoms with Gasteiger partial charge in [-0.15, -0.1) is 0 Å². The van der Waals surface area contributed by atoms with E-state index in [-0.39, 0.29) is 11.5 Å². The second-order valence-corrected chi connectivity index (χ2v) is 7.06. The van der Waals surface area contributed by atoms with Crippen LogP contribution in [0.5, 0.6) is 0 Å². The molecule has 0 radical (unpaired) electrons. The standard InChI is InChI=1S/C15H29NO2/c1-11(2)9-12(3)10-16-8-6-7-15(4,5)13(16)14(17)18/h11-13H,6-10H2,1-5H3,(H,17,18).